The molecule has 1 amide bonds. The van der Waals surface area contributed by atoms with Crippen molar-refractivity contribution in [1.29, 1.82) is 0 Å². The molecule has 0 unspecified atom stereocenters. The van der Waals surface area contributed by atoms with E-state index in [0.29, 0.717) is 13.2 Å². The molecule has 19 heavy (non-hydrogen) atoms. The van der Waals surface area contributed by atoms with Crippen molar-refractivity contribution < 1.29 is 14.6 Å². The quantitative estimate of drug-likeness (QED) is 0.760. The minimum atomic E-state index is -0.0673. The third-order valence-electron chi connectivity index (χ3n) is 2.98. The highest BCUT2D eigenvalue weighted by Gasteiger charge is 2.09. The summed E-state index contributed by atoms with van der Waals surface area (Å²) >= 11 is 0. The number of fused-ring (bicyclic) bond motifs is 1. The van der Waals surface area contributed by atoms with E-state index in [0.717, 1.165) is 16.5 Å². The molecule has 102 valence electrons. The number of para-hydroxylation sites is 1. The van der Waals surface area contributed by atoms with Gasteiger partial charge in [0, 0.05) is 36.3 Å². The molecule has 2 rings (SSSR count). The Bertz CT molecular complexity index is 563. The fourth-order valence-corrected chi connectivity index (χ4v) is 2.08. The highest BCUT2D eigenvalue weighted by Crippen LogP contribution is 2.21. The Hall–Kier alpha value is -1.85. The first-order valence-corrected chi connectivity index (χ1v) is 6.19. The van der Waals surface area contributed by atoms with E-state index in [1.165, 1.54) is 0 Å². The average molecular weight is 262 g/mol. The van der Waals surface area contributed by atoms with E-state index in [1.807, 2.05) is 35.0 Å². The van der Waals surface area contributed by atoms with E-state index in [2.05, 4.69) is 5.32 Å². The van der Waals surface area contributed by atoms with Crippen LogP contribution in [-0.4, -0.2) is 35.8 Å². The van der Waals surface area contributed by atoms with Gasteiger partial charge in [-0.25, -0.2) is 0 Å². The lowest BCUT2D eigenvalue weighted by Crippen LogP contribution is -2.30. The predicted molar refractivity (Wildman–Crippen MR) is 72.7 cm³/mol. The number of aromatic nitrogens is 1. The van der Waals surface area contributed by atoms with E-state index >= 15 is 0 Å². The summed E-state index contributed by atoms with van der Waals surface area (Å²) in [5.74, 6) is -0.0673. The number of rotatable bonds is 6. The minimum Gasteiger partial charge on any atom is -0.392 e. The minimum absolute atomic E-state index is 0.0290. The number of methoxy groups -OCH3 is 1. The summed E-state index contributed by atoms with van der Waals surface area (Å²) in [6.45, 7) is 1.21. The predicted octanol–water partition coefficient (Wildman–Crippen LogP) is 0.896. The molecule has 0 saturated heterocycles. The van der Waals surface area contributed by atoms with Crippen molar-refractivity contribution in [3.05, 3.63) is 36.0 Å². The monoisotopic (exact) mass is 262 g/mol. The number of nitrogens with one attached hydrogen (secondary N) is 1. The molecule has 1 heterocycles. The Morgan fingerprint density at radius 2 is 2.21 bits per heavy atom. The zero-order chi connectivity index (χ0) is 13.7. The van der Waals surface area contributed by atoms with Gasteiger partial charge >= 0.3 is 0 Å². The average Bonchev–Trinajstić information content (AvgIpc) is 2.77. The van der Waals surface area contributed by atoms with Crippen LogP contribution in [0.1, 0.15) is 5.56 Å². The molecule has 0 aliphatic carbocycles. The second-order valence-electron chi connectivity index (χ2n) is 4.30. The van der Waals surface area contributed by atoms with E-state index in [9.17, 15) is 9.90 Å². The third kappa shape index (κ3) is 3.13. The number of nitrogens with zero attached hydrogens (tertiary/aromatic N) is 1. The molecule has 5 nitrogen and oxygen atoms in total. The fourth-order valence-electron chi connectivity index (χ4n) is 2.08. The number of carbonyl (C=O) groups excluding carboxylic acids is 1. The van der Waals surface area contributed by atoms with Crippen LogP contribution >= 0.6 is 0 Å². The van der Waals surface area contributed by atoms with Crippen LogP contribution in [0, 0.1) is 0 Å². The van der Waals surface area contributed by atoms with Gasteiger partial charge in [-0.2, -0.15) is 0 Å². The van der Waals surface area contributed by atoms with Gasteiger partial charge in [-0.15, -0.1) is 0 Å². The van der Waals surface area contributed by atoms with Crippen LogP contribution in [0.4, 0.5) is 0 Å². The summed E-state index contributed by atoms with van der Waals surface area (Å²) in [6.07, 6.45) is 1.82. The van der Waals surface area contributed by atoms with Gasteiger partial charge in [0.2, 0.25) is 5.91 Å². The Labute approximate surface area is 111 Å². The van der Waals surface area contributed by atoms with Crippen LogP contribution in [0.3, 0.4) is 0 Å². The topological polar surface area (TPSA) is 63.5 Å². The van der Waals surface area contributed by atoms with Gasteiger partial charge in [0.05, 0.1) is 13.2 Å². The molecule has 1 aromatic heterocycles. The highest BCUT2D eigenvalue weighted by molar-refractivity contribution is 5.86. The maximum absolute atomic E-state index is 11.8. The largest absolute Gasteiger partial charge is 0.392 e. The van der Waals surface area contributed by atoms with Gasteiger partial charge in [0.15, 0.2) is 0 Å². The number of benzene rings is 1. The van der Waals surface area contributed by atoms with Gasteiger partial charge in [0.25, 0.3) is 0 Å². The summed E-state index contributed by atoms with van der Waals surface area (Å²) < 4.78 is 6.73. The van der Waals surface area contributed by atoms with Crippen LogP contribution in [0.2, 0.25) is 0 Å². The number of carbonyl (C=O) groups is 1. The van der Waals surface area contributed by atoms with Crippen LogP contribution in [-0.2, 0) is 22.7 Å². The van der Waals surface area contributed by atoms with Crippen LogP contribution in [0.5, 0.6) is 0 Å². The molecule has 5 heteroatoms. The van der Waals surface area contributed by atoms with E-state index in [1.54, 1.807) is 7.11 Å². The molecule has 0 atom stereocenters. The van der Waals surface area contributed by atoms with Crippen molar-refractivity contribution in [1.82, 2.24) is 9.88 Å². The summed E-state index contributed by atoms with van der Waals surface area (Å²) in [5, 5.41) is 13.1. The molecule has 0 spiro atoms. The van der Waals surface area contributed by atoms with E-state index in [-0.39, 0.29) is 19.1 Å². The van der Waals surface area contributed by atoms with Gasteiger partial charge in [-0.1, -0.05) is 18.2 Å². The number of aliphatic hydroxyl groups excluding tert-OH is 1. The highest BCUT2D eigenvalue weighted by atomic mass is 16.5. The van der Waals surface area contributed by atoms with Gasteiger partial charge in [0.1, 0.15) is 6.54 Å². The van der Waals surface area contributed by atoms with Gasteiger partial charge in [-0.3, -0.25) is 4.79 Å². The zero-order valence-corrected chi connectivity index (χ0v) is 10.9. The van der Waals surface area contributed by atoms with Gasteiger partial charge in [-0.05, 0) is 6.07 Å². The third-order valence-corrected chi connectivity index (χ3v) is 2.98. The van der Waals surface area contributed by atoms with E-state index in [4.69, 9.17) is 4.74 Å². The molecule has 2 N–H and O–H groups in total. The second kappa shape index (κ2) is 6.36. The summed E-state index contributed by atoms with van der Waals surface area (Å²) in [7, 11) is 1.60. The fraction of sp³-hybridized carbons (Fsp3) is 0.357. The Kier molecular flexibility index (Phi) is 4.54. The standard InChI is InChI=1S/C14H18N2O3/c1-19-7-6-15-14(18)9-16-8-11(10-17)12-4-2-3-5-13(12)16/h2-5,8,17H,6-7,9-10H2,1H3,(H,15,18). The number of ether oxygens (including phenoxy) is 1. The van der Waals surface area contributed by atoms with Crippen LogP contribution in [0.15, 0.2) is 30.5 Å². The molecule has 0 fully saturated rings. The molecule has 1 aromatic carbocycles. The Morgan fingerprint density at radius 3 is 2.95 bits per heavy atom. The van der Waals surface area contributed by atoms with Crippen molar-refractivity contribution in [2.24, 2.45) is 0 Å². The van der Waals surface area contributed by atoms with E-state index < -0.39 is 0 Å². The second-order valence-corrected chi connectivity index (χ2v) is 4.30. The first-order valence-electron chi connectivity index (χ1n) is 6.19. The molecule has 2 aromatic rings. The molecule has 0 saturated carbocycles. The summed E-state index contributed by atoms with van der Waals surface area (Å²) in [5.41, 5.74) is 1.79. The molecule has 0 aliphatic rings. The van der Waals surface area contributed by atoms with Crippen molar-refractivity contribution in [3.63, 3.8) is 0 Å². The lowest BCUT2D eigenvalue weighted by molar-refractivity contribution is -0.121. The molecule has 0 bridgehead atoms. The van der Waals surface area contributed by atoms with Crippen molar-refractivity contribution in [2.75, 3.05) is 20.3 Å². The lowest BCUT2D eigenvalue weighted by atomic mass is 10.2. The molecular weight excluding hydrogens is 244 g/mol. The summed E-state index contributed by atoms with van der Waals surface area (Å²) in [6, 6.07) is 7.73. The molecular formula is C14H18N2O3. The summed E-state index contributed by atoms with van der Waals surface area (Å²) in [4.78, 5) is 11.8. The maximum atomic E-state index is 11.8. The van der Waals surface area contributed by atoms with Gasteiger partial charge < -0.3 is 19.7 Å². The first-order chi connectivity index (χ1) is 9.26. The van der Waals surface area contributed by atoms with Crippen molar-refractivity contribution in [3.8, 4) is 0 Å². The lowest BCUT2D eigenvalue weighted by Gasteiger charge is -2.06. The van der Waals surface area contributed by atoms with Crippen LogP contribution < -0.4 is 5.32 Å². The maximum Gasteiger partial charge on any atom is 0.240 e. The van der Waals surface area contributed by atoms with Crippen molar-refractivity contribution >= 4 is 16.8 Å². The molecule has 0 radical (unpaired) electrons. The number of amides is 1. The normalized spacial score (nSPS) is 10.8. The van der Waals surface area contributed by atoms with Crippen LogP contribution in [0.25, 0.3) is 10.9 Å². The Morgan fingerprint density at radius 1 is 1.42 bits per heavy atom. The number of hydrogen-bond acceptors (Lipinski definition) is 3. The SMILES string of the molecule is COCCNC(=O)Cn1cc(CO)c2ccccc21. The number of hydrogen-bond donors (Lipinski definition) is 2. The molecule has 0 aliphatic heterocycles. The number of aliphatic hydroxyl groups is 1. The smallest absolute Gasteiger partial charge is 0.240 e. The Balaban J connectivity index is 2.14. The zero-order valence-electron chi connectivity index (χ0n) is 10.9. The first kappa shape index (κ1) is 13.6. The van der Waals surface area contributed by atoms with Crippen molar-refractivity contribution in [2.45, 2.75) is 13.2 Å².